The van der Waals surface area contributed by atoms with Crippen molar-refractivity contribution in [1.29, 1.82) is 0 Å². The first-order valence-corrected chi connectivity index (χ1v) is 9.59. The Labute approximate surface area is 165 Å². The van der Waals surface area contributed by atoms with E-state index in [0.717, 1.165) is 41.2 Å². The molecule has 3 rings (SSSR count). The van der Waals surface area contributed by atoms with E-state index in [2.05, 4.69) is 22.2 Å². The summed E-state index contributed by atoms with van der Waals surface area (Å²) >= 11 is 0. The van der Waals surface area contributed by atoms with Gasteiger partial charge in [0, 0.05) is 37.1 Å². The quantitative estimate of drug-likeness (QED) is 0.609. The zero-order chi connectivity index (χ0) is 19.6. The lowest BCUT2D eigenvalue weighted by Crippen LogP contribution is -2.23. The molecule has 0 aliphatic carbocycles. The van der Waals surface area contributed by atoms with Crippen molar-refractivity contribution in [2.24, 2.45) is 0 Å². The molecule has 5 heteroatoms. The predicted octanol–water partition coefficient (Wildman–Crippen LogP) is 4.18. The van der Waals surface area contributed by atoms with Gasteiger partial charge in [-0.2, -0.15) is 0 Å². The van der Waals surface area contributed by atoms with Crippen LogP contribution in [-0.2, 0) is 17.8 Å². The number of aromatic nitrogens is 2. The summed E-state index contributed by atoms with van der Waals surface area (Å²) in [7, 11) is 0. The van der Waals surface area contributed by atoms with Crippen molar-refractivity contribution >= 4 is 5.91 Å². The lowest BCUT2D eigenvalue weighted by Gasteiger charge is -2.10. The molecule has 2 heterocycles. The van der Waals surface area contributed by atoms with Crippen LogP contribution in [0.15, 0.2) is 67.1 Å². The fraction of sp³-hybridized carbons (Fsp3) is 0.261. The number of hydrogen-bond acceptors (Lipinski definition) is 4. The fourth-order valence-electron chi connectivity index (χ4n) is 2.86. The third-order valence-electron chi connectivity index (χ3n) is 4.36. The third kappa shape index (κ3) is 5.64. The number of ether oxygens (including phenoxy) is 1. The molecule has 0 saturated heterocycles. The molecule has 0 saturated carbocycles. The van der Waals surface area contributed by atoms with Crippen molar-refractivity contribution in [3.63, 3.8) is 0 Å². The molecular weight excluding hydrogens is 350 g/mol. The van der Waals surface area contributed by atoms with Gasteiger partial charge in [0.2, 0.25) is 5.91 Å². The Morgan fingerprint density at radius 1 is 1.04 bits per heavy atom. The maximum Gasteiger partial charge on any atom is 0.220 e. The highest BCUT2D eigenvalue weighted by Gasteiger charge is 2.08. The van der Waals surface area contributed by atoms with Gasteiger partial charge in [0.15, 0.2) is 0 Å². The highest BCUT2D eigenvalue weighted by molar-refractivity contribution is 5.76. The number of nitrogens with one attached hydrogen (secondary N) is 1. The normalized spacial score (nSPS) is 10.5. The largest absolute Gasteiger partial charge is 0.494 e. The van der Waals surface area contributed by atoms with Gasteiger partial charge in [-0.1, -0.05) is 25.1 Å². The van der Waals surface area contributed by atoms with Crippen LogP contribution in [0, 0.1) is 0 Å². The van der Waals surface area contributed by atoms with Gasteiger partial charge in [-0.05, 0) is 54.3 Å². The number of benzene rings is 1. The first-order valence-electron chi connectivity index (χ1n) is 9.59. The van der Waals surface area contributed by atoms with Gasteiger partial charge in [0.05, 0.1) is 12.3 Å². The second kappa shape index (κ2) is 10.2. The van der Waals surface area contributed by atoms with Crippen LogP contribution >= 0.6 is 0 Å². The van der Waals surface area contributed by atoms with E-state index in [1.54, 1.807) is 18.6 Å². The van der Waals surface area contributed by atoms with Crippen LogP contribution in [0.2, 0.25) is 0 Å². The first-order chi connectivity index (χ1) is 13.8. The summed E-state index contributed by atoms with van der Waals surface area (Å²) < 4.78 is 5.58. The van der Waals surface area contributed by atoms with Crippen LogP contribution in [-0.4, -0.2) is 22.5 Å². The summed E-state index contributed by atoms with van der Waals surface area (Å²) in [5.74, 6) is 0.895. The Morgan fingerprint density at radius 3 is 2.57 bits per heavy atom. The van der Waals surface area contributed by atoms with E-state index in [0.29, 0.717) is 19.4 Å². The molecule has 0 atom stereocenters. The molecule has 0 bridgehead atoms. The van der Waals surface area contributed by atoms with E-state index in [-0.39, 0.29) is 5.91 Å². The second-order valence-electron chi connectivity index (χ2n) is 6.52. The topological polar surface area (TPSA) is 64.1 Å². The van der Waals surface area contributed by atoms with Gasteiger partial charge < -0.3 is 10.1 Å². The number of amides is 1. The number of rotatable bonds is 9. The molecule has 0 aliphatic heterocycles. The van der Waals surface area contributed by atoms with Crippen molar-refractivity contribution in [2.75, 3.05) is 6.61 Å². The Kier molecular flexibility index (Phi) is 7.13. The monoisotopic (exact) mass is 375 g/mol. The number of carbonyl (C=O) groups is 1. The SMILES string of the molecule is CCCOc1ccc(CCC(=O)NCc2cccnc2-c2ccncc2)cc1. The van der Waals surface area contributed by atoms with Crippen molar-refractivity contribution in [2.45, 2.75) is 32.7 Å². The van der Waals surface area contributed by atoms with Crippen LogP contribution < -0.4 is 10.1 Å². The van der Waals surface area contributed by atoms with E-state index in [1.165, 1.54) is 0 Å². The fourth-order valence-corrected chi connectivity index (χ4v) is 2.86. The standard InChI is InChI=1S/C23H25N3O2/c1-2-16-28-21-8-5-18(6-9-21)7-10-22(27)26-17-20-4-3-13-25-23(20)19-11-14-24-15-12-19/h3-6,8-9,11-15H,2,7,10,16-17H2,1H3,(H,26,27). The lowest BCUT2D eigenvalue weighted by molar-refractivity contribution is -0.121. The predicted molar refractivity (Wildman–Crippen MR) is 110 cm³/mol. The molecule has 3 aromatic rings. The Hall–Kier alpha value is -3.21. The third-order valence-corrected chi connectivity index (χ3v) is 4.36. The summed E-state index contributed by atoms with van der Waals surface area (Å²) in [5.41, 5.74) is 3.97. The molecule has 0 radical (unpaired) electrons. The van der Waals surface area contributed by atoms with Crippen molar-refractivity contribution in [3.05, 3.63) is 78.2 Å². The Bertz CT molecular complexity index is 880. The lowest BCUT2D eigenvalue weighted by atomic mass is 10.1. The van der Waals surface area contributed by atoms with Gasteiger partial charge in [-0.25, -0.2) is 0 Å². The summed E-state index contributed by atoms with van der Waals surface area (Å²) in [5, 5.41) is 3.00. The highest BCUT2D eigenvalue weighted by atomic mass is 16.5. The Balaban J connectivity index is 1.51. The molecule has 0 fully saturated rings. The van der Waals surface area contributed by atoms with E-state index >= 15 is 0 Å². The minimum absolute atomic E-state index is 0.0239. The van der Waals surface area contributed by atoms with Gasteiger partial charge in [0.1, 0.15) is 5.75 Å². The molecule has 5 nitrogen and oxygen atoms in total. The van der Waals surface area contributed by atoms with E-state index in [1.807, 2.05) is 48.5 Å². The number of hydrogen-bond donors (Lipinski definition) is 1. The van der Waals surface area contributed by atoms with Gasteiger partial charge in [0.25, 0.3) is 0 Å². The maximum absolute atomic E-state index is 12.3. The molecule has 28 heavy (non-hydrogen) atoms. The number of carbonyl (C=O) groups excluding carboxylic acids is 1. The highest BCUT2D eigenvalue weighted by Crippen LogP contribution is 2.20. The molecule has 1 amide bonds. The number of aryl methyl sites for hydroxylation is 1. The van der Waals surface area contributed by atoms with Crippen molar-refractivity contribution in [1.82, 2.24) is 15.3 Å². The average Bonchev–Trinajstić information content (AvgIpc) is 2.76. The van der Waals surface area contributed by atoms with Crippen LogP contribution in [0.1, 0.15) is 30.9 Å². The van der Waals surface area contributed by atoms with Crippen molar-refractivity contribution < 1.29 is 9.53 Å². The van der Waals surface area contributed by atoms with Crippen LogP contribution in [0.5, 0.6) is 5.75 Å². The molecule has 1 N–H and O–H groups in total. The summed E-state index contributed by atoms with van der Waals surface area (Å²) in [4.78, 5) is 20.8. The zero-order valence-electron chi connectivity index (χ0n) is 16.1. The van der Waals surface area contributed by atoms with Gasteiger partial charge in [-0.3, -0.25) is 14.8 Å². The molecule has 0 spiro atoms. The Morgan fingerprint density at radius 2 is 1.82 bits per heavy atom. The summed E-state index contributed by atoms with van der Waals surface area (Å²) in [6.45, 7) is 3.25. The minimum atomic E-state index is 0.0239. The summed E-state index contributed by atoms with van der Waals surface area (Å²) in [6.07, 6.45) is 7.37. The van der Waals surface area contributed by atoms with E-state index in [4.69, 9.17) is 4.74 Å². The van der Waals surface area contributed by atoms with E-state index in [9.17, 15) is 4.79 Å². The van der Waals surface area contributed by atoms with Crippen LogP contribution in [0.4, 0.5) is 0 Å². The summed E-state index contributed by atoms with van der Waals surface area (Å²) in [6, 6.07) is 15.6. The zero-order valence-corrected chi connectivity index (χ0v) is 16.1. The van der Waals surface area contributed by atoms with Crippen LogP contribution in [0.25, 0.3) is 11.3 Å². The smallest absolute Gasteiger partial charge is 0.220 e. The molecule has 1 aromatic carbocycles. The maximum atomic E-state index is 12.3. The van der Waals surface area contributed by atoms with Gasteiger partial charge >= 0.3 is 0 Å². The second-order valence-corrected chi connectivity index (χ2v) is 6.52. The molecule has 0 unspecified atom stereocenters. The minimum Gasteiger partial charge on any atom is -0.494 e. The molecule has 0 aliphatic rings. The first kappa shape index (κ1) is 19.5. The molecule has 2 aromatic heterocycles. The average molecular weight is 375 g/mol. The molecule has 144 valence electrons. The number of nitrogens with zero attached hydrogens (tertiary/aromatic N) is 2. The van der Waals surface area contributed by atoms with Crippen LogP contribution in [0.3, 0.4) is 0 Å². The van der Waals surface area contributed by atoms with Crippen molar-refractivity contribution in [3.8, 4) is 17.0 Å². The van der Waals surface area contributed by atoms with E-state index < -0.39 is 0 Å². The number of pyridine rings is 2. The molecular formula is C23H25N3O2. The van der Waals surface area contributed by atoms with Gasteiger partial charge in [-0.15, -0.1) is 0 Å².